The van der Waals surface area contributed by atoms with E-state index in [2.05, 4.69) is 15.0 Å². The lowest BCUT2D eigenvalue weighted by Gasteiger charge is -1.97. The van der Waals surface area contributed by atoms with Crippen LogP contribution in [-0.2, 0) is 0 Å². The van der Waals surface area contributed by atoms with E-state index in [9.17, 15) is 4.79 Å². The first-order valence-electron chi connectivity index (χ1n) is 3.13. The topological polar surface area (TPSA) is 75.4 Å². The van der Waals surface area contributed by atoms with Crippen molar-refractivity contribution in [2.24, 2.45) is 0 Å². The Morgan fingerprint density at radius 3 is 3.18 bits per heavy atom. The maximum absolute atomic E-state index is 10.9. The van der Waals surface area contributed by atoms with Crippen LogP contribution in [0, 0.1) is 0 Å². The smallest absolute Gasteiger partial charge is 0.256 e. The molecule has 0 radical (unpaired) electrons. The number of nitrogens with one attached hydrogen (secondary N) is 1. The molecule has 0 saturated carbocycles. The van der Waals surface area contributed by atoms with Gasteiger partial charge in [-0.2, -0.15) is 0 Å². The van der Waals surface area contributed by atoms with Crippen LogP contribution in [0.5, 0.6) is 0 Å². The van der Waals surface area contributed by atoms with Crippen LogP contribution in [0.1, 0.15) is 10.4 Å². The number of nitrogens with zero attached hydrogens (tertiary/aromatic N) is 1. The van der Waals surface area contributed by atoms with Gasteiger partial charge in [-0.25, -0.2) is 0 Å². The molecule has 0 atom stereocenters. The molecule has 0 aliphatic rings. The van der Waals surface area contributed by atoms with E-state index in [-0.39, 0.29) is 19.1 Å². The van der Waals surface area contributed by atoms with E-state index >= 15 is 0 Å². The van der Waals surface area contributed by atoms with Crippen molar-refractivity contribution in [1.29, 1.82) is 0 Å². The Balaban J connectivity index is 2.43. The van der Waals surface area contributed by atoms with Gasteiger partial charge in [-0.1, -0.05) is 5.16 Å². The molecule has 11 heavy (non-hydrogen) atoms. The van der Waals surface area contributed by atoms with Crippen LogP contribution < -0.4 is 5.32 Å². The summed E-state index contributed by atoms with van der Waals surface area (Å²) in [6, 6.07) is 0. The summed E-state index contributed by atoms with van der Waals surface area (Å²) in [5.41, 5.74) is 0.360. The van der Waals surface area contributed by atoms with E-state index in [1.165, 1.54) is 12.5 Å². The first-order valence-corrected chi connectivity index (χ1v) is 3.13. The number of aliphatic hydroxyl groups excluding tert-OH is 1. The molecule has 1 heterocycles. The molecule has 0 spiro atoms. The van der Waals surface area contributed by atoms with E-state index in [0.717, 1.165) is 0 Å². The number of amides is 1. The van der Waals surface area contributed by atoms with Crippen molar-refractivity contribution in [3.63, 3.8) is 0 Å². The summed E-state index contributed by atoms with van der Waals surface area (Å²) in [5.74, 6) is -0.291. The molecule has 0 aliphatic heterocycles. The zero-order valence-electron chi connectivity index (χ0n) is 5.78. The van der Waals surface area contributed by atoms with E-state index in [1.54, 1.807) is 0 Å². The minimum atomic E-state index is -0.291. The SMILES string of the molecule is O=C(NCCO)c1cnoc1. The molecule has 60 valence electrons. The average Bonchev–Trinajstić information content (AvgIpc) is 2.52. The van der Waals surface area contributed by atoms with Crippen molar-refractivity contribution in [2.75, 3.05) is 13.2 Å². The second kappa shape index (κ2) is 3.72. The second-order valence-electron chi connectivity index (χ2n) is 1.89. The maximum Gasteiger partial charge on any atom is 0.256 e. The van der Waals surface area contributed by atoms with Crippen molar-refractivity contribution in [3.8, 4) is 0 Å². The fourth-order valence-corrected chi connectivity index (χ4v) is 0.588. The molecule has 1 rings (SSSR count). The van der Waals surface area contributed by atoms with E-state index in [0.29, 0.717) is 5.56 Å². The monoisotopic (exact) mass is 156 g/mol. The quantitative estimate of drug-likeness (QED) is 0.612. The number of hydrogen-bond donors (Lipinski definition) is 2. The number of aromatic nitrogens is 1. The maximum atomic E-state index is 10.9. The standard InChI is InChI=1S/C6H8N2O3/c9-2-1-7-6(10)5-3-8-11-4-5/h3-4,9H,1-2H2,(H,7,10). The molecule has 0 aromatic carbocycles. The van der Waals surface area contributed by atoms with Gasteiger partial charge in [0.15, 0.2) is 0 Å². The molecule has 0 saturated heterocycles. The van der Waals surface area contributed by atoms with Gasteiger partial charge in [0.05, 0.1) is 18.4 Å². The molecule has 1 amide bonds. The number of carbonyl (C=O) groups is 1. The number of hydrogen-bond acceptors (Lipinski definition) is 4. The molecule has 0 aliphatic carbocycles. The minimum absolute atomic E-state index is 0.0724. The highest BCUT2D eigenvalue weighted by atomic mass is 16.5. The molecule has 5 heteroatoms. The summed E-state index contributed by atoms with van der Waals surface area (Å²) in [6.45, 7) is 0.168. The first kappa shape index (κ1) is 7.74. The highest BCUT2D eigenvalue weighted by Gasteiger charge is 2.05. The minimum Gasteiger partial charge on any atom is -0.395 e. The predicted molar refractivity (Wildman–Crippen MR) is 35.9 cm³/mol. The van der Waals surface area contributed by atoms with Crippen LogP contribution in [0.15, 0.2) is 17.0 Å². The summed E-state index contributed by atoms with van der Waals surface area (Å²) in [7, 11) is 0. The molecule has 1 aromatic heterocycles. The summed E-state index contributed by atoms with van der Waals surface area (Å²) < 4.78 is 4.44. The number of aliphatic hydroxyl groups is 1. The van der Waals surface area contributed by atoms with Crippen molar-refractivity contribution in [3.05, 3.63) is 18.0 Å². The lowest BCUT2D eigenvalue weighted by Crippen LogP contribution is -2.25. The van der Waals surface area contributed by atoms with Gasteiger partial charge in [-0.05, 0) is 0 Å². The van der Waals surface area contributed by atoms with Gasteiger partial charge in [-0.3, -0.25) is 4.79 Å². The fourth-order valence-electron chi connectivity index (χ4n) is 0.588. The van der Waals surface area contributed by atoms with Gasteiger partial charge in [0, 0.05) is 6.54 Å². The zero-order valence-corrected chi connectivity index (χ0v) is 5.78. The molecular weight excluding hydrogens is 148 g/mol. The van der Waals surface area contributed by atoms with Gasteiger partial charge in [0.1, 0.15) is 6.26 Å². The normalized spacial score (nSPS) is 9.55. The average molecular weight is 156 g/mol. The molecule has 1 aromatic rings. The van der Waals surface area contributed by atoms with Crippen LogP contribution in [-0.4, -0.2) is 29.3 Å². The van der Waals surface area contributed by atoms with Crippen molar-refractivity contribution in [2.45, 2.75) is 0 Å². The fraction of sp³-hybridized carbons (Fsp3) is 0.333. The first-order chi connectivity index (χ1) is 5.34. The second-order valence-corrected chi connectivity index (χ2v) is 1.89. The van der Waals surface area contributed by atoms with Crippen LogP contribution >= 0.6 is 0 Å². The Bertz CT molecular complexity index is 220. The molecular formula is C6H8N2O3. The van der Waals surface area contributed by atoms with Crippen LogP contribution in [0.2, 0.25) is 0 Å². The Labute approximate surface area is 63.0 Å². The number of carbonyl (C=O) groups excluding carboxylic acids is 1. The predicted octanol–water partition coefficient (Wildman–Crippen LogP) is -0.603. The third-order valence-electron chi connectivity index (χ3n) is 1.09. The highest BCUT2D eigenvalue weighted by Crippen LogP contribution is 1.94. The lowest BCUT2D eigenvalue weighted by atomic mass is 10.3. The summed E-state index contributed by atoms with van der Waals surface area (Å²) >= 11 is 0. The third-order valence-corrected chi connectivity index (χ3v) is 1.09. The largest absolute Gasteiger partial charge is 0.395 e. The Kier molecular flexibility index (Phi) is 2.62. The van der Waals surface area contributed by atoms with E-state index < -0.39 is 0 Å². The Morgan fingerprint density at radius 1 is 1.82 bits per heavy atom. The molecule has 0 bridgehead atoms. The Hall–Kier alpha value is -1.36. The van der Waals surface area contributed by atoms with Crippen molar-refractivity contribution in [1.82, 2.24) is 10.5 Å². The summed E-state index contributed by atoms with van der Waals surface area (Å²) in [5, 5.41) is 14.2. The van der Waals surface area contributed by atoms with Crippen molar-refractivity contribution < 1.29 is 14.4 Å². The van der Waals surface area contributed by atoms with Gasteiger partial charge >= 0.3 is 0 Å². The van der Waals surface area contributed by atoms with Gasteiger partial charge in [0.2, 0.25) is 0 Å². The molecule has 0 unspecified atom stereocenters. The third kappa shape index (κ3) is 2.05. The van der Waals surface area contributed by atoms with Crippen LogP contribution in [0.4, 0.5) is 0 Å². The molecule has 2 N–H and O–H groups in total. The zero-order chi connectivity index (χ0) is 8.10. The molecule has 5 nitrogen and oxygen atoms in total. The van der Waals surface area contributed by atoms with Gasteiger partial charge < -0.3 is 14.9 Å². The summed E-state index contributed by atoms with van der Waals surface area (Å²) in [4.78, 5) is 10.9. The van der Waals surface area contributed by atoms with Crippen molar-refractivity contribution >= 4 is 5.91 Å². The van der Waals surface area contributed by atoms with E-state index in [1.807, 2.05) is 0 Å². The summed E-state index contributed by atoms with van der Waals surface area (Å²) in [6.07, 6.45) is 2.55. The lowest BCUT2D eigenvalue weighted by molar-refractivity contribution is 0.0944. The van der Waals surface area contributed by atoms with Gasteiger partial charge in [0.25, 0.3) is 5.91 Å². The Morgan fingerprint density at radius 2 is 2.64 bits per heavy atom. The van der Waals surface area contributed by atoms with Crippen LogP contribution in [0.3, 0.4) is 0 Å². The van der Waals surface area contributed by atoms with E-state index in [4.69, 9.17) is 5.11 Å². The molecule has 0 fully saturated rings. The van der Waals surface area contributed by atoms with Gasteiger partial charge in [-0.15, -0.1) is 0 Å². The highest BCUT2D eigenvalue weighted by molar-refractivity contribution is 5.93. The van der Waals surface area contributed by atoms with Crippen LogP contribution in [0.25, 0.3) is 0 Å². The number of rotatable bonds is 3.